The van der Waals surface area contributed by atoms with E-state index in [4.69, 9.17) is 0 Å². The average Bonchev–Trinajstić information content (AvgIpc) is 2.51. The van der Waals surface area contributed by atoms with Crippen molar-refractivity contribution in [1.82, 2.24) is 5.32 Å². The van der Waals surface area contributed by atoms with E-state index in [9.17, 15) is 0 Å². The quantitative estimate of drug-likeness (QED) is 0.607. The third-order valence-electron chi connectivity index (χ3n) is 2.50. The van der Waals surface area contributed by atoms with Crippen LogP contribution in [0.5, 0.6) is 0 Å². The van der Waals surface area contributed by atoms with Crippen molar-refractivity contribution >= 4 is 0 Å². The molecule has 0 spiro atoms. The Morgan fingerprint density at radius 1 is 1.67 bits per heavy atom. The number of nitrogens with one attached hydrogen (secondary N) is 1. The zero-order chi connectivity index (χ0) is 6.85. The van der Waals surface area contributed by atoms with Crippen LogP contribution in [-0.2, 0) is 0 Å². The molecule has 9 heavy (non-hydrogen) atoms. The average molecular weight is 127 g/mol. The molecule has 0 heterocycles. The molecule has 0 aromatic rings. The molecule has 1 aliphatic rings. The molecule has 1 aliphatic carbocycles. The van der Waals surface area contributed by atoms with Crippen molar-refractivity contribution < 1.29 is 0 Å². The van der Waals surface area contributed by atoms with Crippen LogP contribution in [0.4, 0.5) is 0 Å². The van der Waals surface area contributed by atoms with E-state index in [1.807, 2.05) is 0 Å². The fourth-order valence-corrected chi connectivity index (χ4v) is 1.63. The summed E-state index contributed by atoms with van der Waals surface area (Å²) >= 11 is 0. The van der Waals surface area contributed by atoms with Crippen LogP contribution in [0, 0.1) is 11.8 Å². The van der Waals surface area contributed by atoms with Crippen molar-refractivity contribution in [3.8, 4) is 0 Å². The Bertz CT molecular complexity index is 86.6. The SMILES string of the molecule is CCC(NC)C1CC1C. The van der Waals surface area contributed by atoms with Gasteiger partial charge in [-0.3, -0.25) is 0 Å². The fourth-order valence-electron chi connectivity index (χ4n) is 1.63. The van der Waals surface area contributed by atoms with Gasteiger partial charge in [-0.2, -0.15) is 0 Å². The number of hydrogen-bond acceptors (Lipinski definition) is 1. The molecule has 1 heteroatoms. The van der Waals surface area contributed by atoms with Gasteiger partial charge < -0.3 is 5.32 Å². The van der Waals surface area contributed by atoms with Crippen molar-refractivity contribution in [2.45, 2.75) is 32.7 Å². The summed E-state index contributed by atoms with van der Waals surface area (Å²) in [5.41, 5.74) is 0. The van der Waals surface area contributed by atoms with Crippen molar-refractivity contribution in [2.24, 2.45) is 11.8 Å². The molecule has 0 radical (unpaired) electrons. The lowest BCUT2D eigenvalue weighted by Gasteiger charge is -2.11. The first-order valence-corrected chi connectivity index (χ1v) is 3.96. The predicted molar refractivity (Wildman–Crippen MR) is 40.4 cm³/mol. The number of hydrogen-bond donors (Lipinski definition) is 1. The van der Waals surface area contributed by atoms with Gasteiger partial charge in [-0.05, 0) is 31.7 Å². The summed E-state index contributed by atoms with van der Waals surface area (Å²) in [4.78, 5) is 0. The van der Waals surface area contributed by atoms with Gasteiger partial charge in [-0.1, -0.05) is 13.8 Å². The van der Waals surface area contributed by atoms with E-state index in [1.165, 1.54) is 12.8 Å². The summed E-state index contributed by atoms with van der Waals surface area (Å²) in [6.07, 6.45) is 2.73. The molecule has 0 aromatic carbocycles. The largest absolute Gasteiger partial charge is 0.317 e. The fraction of sp³-hybridized carbons (Fsp3) is 1.00. The van der Waals surface area contributed by atoms with E-state index in [2.05, 4.69) is 26.2 Å². The minimum absolute atomic E-state index is 0.792. The highest BCUT2D eigenvalue weighted by atomic mass is 14.9. The van der Waals surface area contributed by atoms with E-state index in [0.29, 0.717) is 0 Å². The van der Waals surface area contributed by atoms with Crippen molar-refractivity contribution in [3.05, 3.63) is 0 Å². The van der Waals surface area contributed by atoms with Crippen LogP contribution in [-0.4, -0.2) is 13.1 Å². The van der Waals surface area contributed by atoms with Crippen LogP contribution in [0.1, 0.15) is 26.7 Å². The minimum atomic E-state index is 0.792. The van der Waals surface area contributed by atoms with Crippen LogP contribution in [0.25, 0.3) is 0 Å². The lowest BCUT2D eigenvalue weighted by Crippen LogP contribution is -2.26. The van der Waals surface area contributed by atoms with Crippen LogP contribution < -0.4 is 5.32 Å². The topological polar surface area (TPSA) is 12.0 Å². The molecule has 3 atom stereocenters. The third kappa shape index (κ3) is 1.45. The second-order valence-corrected chi connectivity index (χ2v) is 3.18. The molecule has 1 rings (SSSR count). The van der Waals surface area contributed by atoms with Crippen molar-refractivity contribution in [1.29, 1.82) is 0 Å². The summed E-state index contributed by atoms with van der Waals surface area (Å²) in [5, 5.41) is 3.34. The maximum atomic E-state index is 3.34. The van der Waals surface area contributed by atoms with Gasteiger partial charge in [0.05, 0.1) is 0 Å². The molecule has 1 nitrogen and oxygen atoms in total. The van der Waals surface area contributed by atoms with Gasteiger partial charge >= 0.3 is 0 Å². The summed E-state index contributed by atoms with van der Waals surface area (Å²) in [5.74, 6) is 1.97. The number of rotatable bonds is 3. The Kier molecular flexibility index (Phi) is 2.12. The Morgan fingerprint density at radius 3 is 2.33 bits per heavy atom. The Morgan fingerprint density at radius 2 is 2.22 bits per heavy atom. The first-order chi connectivity index (χ1) is 4.29. The van der Waals surface area contributed by atoms with Gasteiger partial charge in [-0.15, -0.1) is 0 Å². The Labute approximate surface area is 57.8 Å². The zero-order valence-corrected chi connectivity index (χ0v) is 6.65. The maximum Gasteiger partial charge on any atom is 0.00923 e. The highest BCUT2D eigenvalue weighted by Gasteiger charge is 2.37. The van der Waals surface area contributed by atoms with E-state index >= 15 is 0 Å². The first-order valence-electron chi connectivity index (χ1n) is 3.96. The van der Waals surface area contributed by atoms with Gasteiger partial charge in [0.1, 0.15) is 0 Å². The molecular formula is C8H17N. The lowest BCUT2D eigenvalue weighted by atomic mass is 10.1. The van der Waals surface area contributed by atoms with Gasteiger partial charge in [0.15, 0.2) is 0 Å². The second kappa shape index (κ2) is 2.70. The van der Waals surface area contributed by atoms with Gasteiger partial charge in [0.2, 0.25) is 0 Å². The summed E-state index contributed by atoms with van der Waals surface area (Å²) in [6, 6.07) is 0.792. The van der Waals surface area contributed by atoms with Crippen LogP contribution >= 0.6 is 0 Å². The van der Waals surface area contributed by atoms with Crippen molar-refractivity contribution in [3.63, 3.8) is 0 Å². The third-order valence-corrected chi connectivity index (χ3v) is 2.50. The highest BCUT2D eigenvalue weighted by Crippen LogP contribution is 2.41. The van der Waals surface area contributed by atoms with Crippen LogP contribution in [0.2, 0.25) is 0 Å². The lowest BCUT2D eigenvalue weighted by molar-refractivity contribution is 0.469. The van der Waals surface area contributed by atoms with Crippen LogP contribution in [0.15, 0.2) is 0 Å². The molecule has 0 bridgehead atoms. The molecule has 0 aromatic heterocycles. The minimum Gasteiger partial charge on any atom is -0.317 e. The maximum absolute atomic E-state index is 3.34. The molecule has 1 saturated carbocycles. The Hall–Kier alpha value is -0.0400. The van der Waals surface area contributed by atoms with E-state index in [-0.39, 0.29) is 0 Å². The normalized spacial score (nSPS) is 36.3. The van der Waals surface area contributed by atoms with E-state index in [0.717, 1.165) is 17.9 Å². The first kappa shape index (κ1) is 7.07. The van der Waals surface area contributed by atoms with Crippen LogP contribution in [0.3, 0.4) is 0 Å². The standard InChI is InChI=1S/C8H17N/c1-4-8(9-3)7-5-6(7)2/h6-9H,4-5H2,1-3H3. The molecule has 1 fully saturated rings. The molecule has 1 N–H and O–H groups in total. The Balaban J connectivity index is 2.23. The summed E-state index contributed by atoms with van der Waals surface area (Å²) in [7, 11) is 2.07. The van der Waals surface area contributed by atoms with E-state index < -0.39 is 0 Å². The molecule has 0 amide bonds. The molecule has 3 unspecified atom stereocenters. The highest BCUT2D eigenvalue weighted by molar-refractivity contribution is 4.90. The summed E-state index contributed by atoms with van der Waals surface area (Å²) < 4.78 is 0. The summed E-state index contributed by atoms with van der Waals surface area (Å²) in [6.45, 7) is 4.59. The molecule has 0 saturated heterocycles. The molecule has 0 aliphatic heterocycles. The van der Waals surface area contributed by atoms with E-state index in [1.54, 1.807) is 0 Å². The second-order valence-electron chi connectivity index (χ2n) is 3.18. The molecular weight excluding hydrogens is 110 g/mol. The van der Waals surface area contributed by atoms with Gasteiger partial charge in [-0.25, -0.2) is 0 Å². The smallest absolute Gasteiger partial charge is 0.00923 e. The van der Waals surface area contributed by atoms with Crippen molar-refractivity contribution in [2.75, 3.05) is 7.05 Å². The molecule has 54 valence electrons. The van der Waals surface area contributed by atoms with Gasteiger partial charge in [0, 0.05) is 6.04 Å². The zero-order valence-electron chi connectivity index (χ0n) is 6.65. The predicted octanol–water partition coefficient (Wildman–Crippen LogP) is 1.64. The monoisotopic (exact) mass is 127 g/mol. The van der Waals surface area contributed by atoms with Gasteiger partial charge in [0.25, 0.3) is 0 Å².